The zero-order chi connectivity index (χ0) is 25.2. The lowest BCUT2D eigenvalue weighted by atomic mass is 9.96. The molecule has 0 aromatic carbocycles. The Kier molecular flexibility index (Phi) is 6.15. The van der Waals surface area contributed by atoms with Gasteiger partial charge in [-0.1, -0.05) is 12.7 Å². The Labute approximate surface area is 205 Å². The van der Waals surface area contributed by atoms with E-state index in [0.29, 0.717) is 28.8 Å². The standard InChI is InChI=1S/C24H24FN9O2/c1-3-34(2)22-12-26-20(11-27-22)23(35)29-18-8-14(6-7-15(18)25)16-9-19(24(36)33-31-16)28-21-10-17(30-32-21)13-4-5-13/h3,6-7,9-13,18H,1,4-5,8H2,2H3,(H,29,35)(H,33,36)(H2,28,30,31,32). The molecule has 3 heterocycles. The molecule has 2 aliphatic carbocycles. The lowest BCUT2D eigenvalue weighted by Crippen LogP contribution is -2.37. The molecule has 1 saturated carbocycles. The second kappa shape index (κ2) is 9.56. The number of anilines is 3. The van der Waals surface area contributed by atoms with Crippen LogP contribution in [-0.4, -0.2) is 49.4 Å². The van der Waals surface area contributed by atoms with Crippen LogP contribution in [0, 0.1) is 0 Å². The van der Waals surface area contributed by atoms with Gasteiger partial charge in [0.25, 0.3) is 11.5 Å². The number of hydrogen-bond acceptors (Lipinski definition) is 8. The van der Waals surface area contributed by atoms with Crippen molar-refractivity contribution in [2.24, 2.45) is 0 Å². The highest BCUT2D eigenvalue weighted by Crippen LogP contribution is 2.39. The summed E-state index contributed by atoms with van der Waals surface area (Å²) in [6.07, 6.45) is 9.54. The minimum atomic E-state index is -0.924. The Bertz CT molecular complexity index is 1420. The number of aromatic amines is 2. The van der Waals surface area contributed by atoms with Crippen LogP contribution in [-0.2, 0) is 0 Å². The largest absolute Gasteiger partial charge is 0.341 e. The van der Waals surface area contributed by atoms with Gasteiger partial charge in [-0.25, -0.2) is 19.5 Å². The molecule has 1 fully saturated rings. The van der Waals surface area contributed by atoms with E-state index in [4.69, 9.17) is 0 Å². The fourth-order valence-electron chi connectivity index (χ4n) is 3.74. The molecule has 3 aromatic rings. The topological polar surface area (TPSA) is 145 Å². The number of nitrogens with zero attached hydrogens (tertiary/aromatic N) is 5. The molecule has 3 aromatic heterocycles. The number of rotatable bonds is 8. The molecule has 12 heteroatoms. The molecule has 1 amide bonds. The summed E-state index contributed by atoms with van der Waals surface area (Å²) in [6.45, 7) is 3.65. The van der Waals surface area contributed by atoms with Crippen LogP contribution in [0.3, 0.4) is 0 Å². The average Bonchev–Trinajstić information content (AvgIpc) is 3.64. The summed E-state index contributed by atoms with van der Waals surface area (Å²) in [5.41, 5.74) is 2.00. The van der Waals surface area contributed by atoms with Gasteiger partial charge < -0.3 is 15.5 Å². The van der Waals surface area contributed by atoms with Crippen molar-refractivity contribution < 1.29 is 9.18 Å². The molecule has 0 aliphatic heterocycles. The Morgan fingerprint density at radius 1 is 1.19 bits per heavy atom. The fraction of sp³-hybridized carbons (Fsp3) is 0.250. The van der Waals surface area contributed by atoms with Crippen molar-refractivity contribution in [3.63, 3.8) is 0 Å². The van der Waals surface area contributed by atoms with E-state index in [9.17, 15) is 14.0 Å². The van der Waals surface area contributed by atoms with Crippen molar-refractivity contribution >= 4 is 28.8 Å². The van der Waals surface area contributed by atoms with E-state index < -0.39 is 23.3 Å². The maximum Gasteiger partial charge on any atom is 0.287 e. The van der Waals surface area contributed by atoms with Crippen molar-refractivity contribution in [3.05, 3.63) is 82.7 Å². The maximum absolute atomic E-state index is 14.6. The highest BCUT2D eigenvalue weighted by atomic mass is 19.1. The quantitative estimate of drug-likeness (QED) is 0.378. The van der Waals surface area contributed by atoms with Gasteiger partial charge in [0.05, 0.1) is 24.1 Å². The third-order valence-corrected chi connectivity index (χ3v) is 6.02. The second-order valence-corrected chi connectivity index (χ2v) is 8.63. The van der Waals surface area contributed by atoms with E-state index in [-0.39, 0.29) is 17.8 Å². The number of halogens is 1. The van der Waals surface area contributed by atoms with E-state index in [1.54, 1.807) is 30.3 Å². The van der Waals surface area contributed by atoms with Gasteiger partial charge in [-0.2, -0.15) is 10.2 Å². The molecule has 0 bridgehead atoms. The zero-order valence-electron chi connectivity index (χ0n) is 19.5. The third kappa shape index (κ3) is 4.92. The van der Waals surface area contributed by atoms with Crippen molar-refractivity contribution in [2.45, 2.75) is 31.2 Å². The SMILES string of the molecule is C=CN(C)c1cnc(C(=O)NC2CC(c3cc(Nc4cc(C5CC5)[nH]n4)c(=O)[nH]n3)=CC=C2F)cn1. The van der Waals surface area contributed by atoms with Crippen LogP contribution in [0.1, 0.15) is 47.1 Å². The number of allylic oxidation sites excluding steroid dienone is 2. The van der Waals surface area contributed by atoms with Crippen molar-refractivity contribution in [1.29, 1.82) is 0 Å². The van der Waals surface area contributed by atoms with Crippen molar-refractivity contribution in [2.75, 3.05) is 17.3 Å². The smallest absolute Gasteiger partial charge is 0.287 e. The summed E-state index contributed by atoms with van der Waals surface area (Å²) < 4.78 is 14.6. The lowest BCUT2D eigenvalue weighted by Gasteiger charge is -2.21. The Morgan fingerprint density at radius 2 is 2.03 bits per heavy atom. The Balaban J connectivity index is 1.29. The first kappa shape index (κ1) is 23.1. The number of aromatic nitrogens is 6. The molecule has 36 heavy (non-hydrogen) atoms. The van der Waals surface area contributed by atoms with Crippen molar-refractivity contribution in [3.8, 4) is 0 Å². The van der Waals surface area contributed by atoms with Gasteiger partial charge in [-0.3, -0.25) is 14.7 Å². The van der Waals surface area contributed by atoms with Crippen LogP contribution in [0.2, 0.25) is 0 Å². The van der Waals surface area contributed by atoms with Crippen LogP contribution >= 0.6 is 0 Å². The lowest BCUT2D eigenvalue weighted by molar-refractivity contribution is 0.0933. The van der Waals surface area contributed by atoms with Gasteiger partial charge in [0, 0.05) is 31.1 Å². The molecule has 2 aliphatic rings. The van der Waals surface area contributed by atoms with Gasteiger partial charge in [0.2, 0.25) is 0 Å². The molecule has 4 N–H and O–H groups in total. The third-order valence-electron chi connectivity index (χ3n) is 6.02. The predicted molar refractivity (Wildman–Crippen MR) is 132 cm³/mol. The minimum absolute atomic E-state index is 0.0540. The molecule has 11 nitrogen and oxygen atoms in total. The second-order valence-electron chi connectivity index (χ2n) is 8.63. The molecule has 184 valence electrons. The Morgan fingerprint density at radius 3 is 2.75 bits per heavy atom. The van der Waals surface area contributed by atoms with Gasteiger partial charge in [-0.05, 0) is 36.8 Å². The molecule has 0 spiro atoms. The van der Waals surface area contributed by atoms with Crippen LogP contribution in [0.15, 0.2) is 60.1 Å². The molecule has 1 atom stereocenters. The molecule has 0 saturated heterocycles. The van der Waals surface area contributed by atoms with Gasteiger partial charge in [0.15, 0.2) is 11.6 Å². The number of carbonyl (C=O) groups excluding carboxylic acids is 1. The maximum atomic E-state index is 14.6. The first-order chi connectivity index (χ1) is 17.4. The number of hydrogen-bond donors (Lipinski definition) is 4. The summed E-state index contributed by atoms with van der Waals surface area (Å²) in [5, 5.41) is 19.4. The van der Waals surface area contributed by atoms with Crippen LogP contribution in [0.25, 0.3) is 5.57 Å². The summed E-state index contributed by atoms with van der Waals surface area (Å²) in [4.78, 5) is 34.9. The monoisotopic (exact) mass is 489 g/mol. The van der Waals surface area contributed by atoms with Gasteiger partial charge >= 0.3 is 0 Å². The van der Waals surface area contributed by atoms with E-state index >= 15 is 0 Å². The normalized spacial score (nSPS) is 17.1. The average molecular weight is 490 g/mol. The minimum Gasteiger partial charge on any atom is -0.341 e. The highest BCUT2D eigenvalue weighted by Gasteiger charge is 2.26. The van der Waals surface area contributed by atoms with Crippen LogP contribution in [0.5, 0.6) is 0 Å². The number of carbonyl (C=O) groups is 1. The molecule has 1 unspecified atom stereocenters. The van der Waals surface area contributed by atoms with Gasteiger partial charge in [-0.15, -0.1) is 0 Å². The number of H-pyrrole nitrogens is 2. The first-order valence-electron chi connectivity index (χ1n) is 11.4. The van der Waals surface area contributed by atoms with E-state index in [1.165, 1.54) is 18.5 Å². The van der Waals surface area contributed by atoms with E-state index in [2.05, 4.69) is 47.6 Å². The summed E-state index contributed by atoms with van der Waals surface area (Å²) >= 11 is 0. The summed E-state index contributed by atoms with van der Waals surface area (Å²) in [7, 11) is 1.75. The fourth-order valence-corrected chi connectivity index (χ4v) is 3.74. The summed E-state index contributed by atoms with van der Waals surface area (Å²) in [5.74, 6) is 0.474. The van der Waals surface area contributed by atoms with Crippen LogP contribution < -0.4 is 21.1 Å². The highest BCUT2D eigenvalue weighted by molar-refractivity contribution is 5.92. The van der Waals surface area contributed by atoms with Crippen LogP contribution in [0.4, 0.5) is 21.7 Å². The van der Waals surface area contributed by atoms with E-state index in [0.717, 1.165) is 18.5 Å². The summed E-state index contributed by atoms with van der Waals surface area (Å²) in [6, 6.07) is 2.53. The van der Waals surface area contributed by atoms with Gasteiger partial charge in [0.1, 0.15) is 17.2 Å². The molecule has 5 rings (SSSR count). The first-order valence-corrected chi connectivity index (χ1v) is 11.4. The molecular weight excluding hydrogens is 465 g/mol. The number of amides is 1. The Hall–Kier alpha value is -4.61. The van der Waals surface area contributed by atoms with Crippen molar-refractivity contribution in [1.82, 2.24) is 35.7 Å². The number of nitrogens with one attached hydrogen (secondary N) is 4. The predicted octanol–water partition coefficient (Wildman–Crippen LogP) is 2.92. The van der Waals surface area contributed by atoms with E-state index in [1.807, 2.05) is 6.07 Å². The zero-order valence-corrected chi connectivity index (χ0v) is 19.5. The molecular formula is C24H24FN9O2. The molecule has 0 radical (unpaired) electrons.